The average Bonchev–Trinajstić information content (AvgIpc) is 2.54. The first-order valence-electron chi connectivity index (χ1n) is 6.14. The number of aromatic nitrogens is 2. The van der Waals surface area contributed by atoms with Gasteiger partial charge in [-0.15, -0.1) is 0 Å². The van der Waals surface area contributed by atoms with Crippen molar-refractivity contribution < 1.29 is 9.53 Å². The molecule has 0 bridgehead atoms. The number of hydrogen-bond donors (Lipinski definition) is 2. The van der Waals surface area contributed by atoms with Crippen LogP contribution in [0.5, 0.6) is 0 Å². The number of hydrogen-bond acceptors (Lipinski definition) is 6. The lowest BCUT2D eigenvalue weighted by atomic mass is 10.1. The number of carbonyl (C=O) groups is 1. The van der Waals surface area contributed by atoms with E-state index in [9.17, 15) is 4.79 Å². The van der Waals surface area contributed by atoms with Gasteiger partial charge < -0.3 is 15.8 Å². The summed E-state index contributed by atoms with van der Waals surface area (Å²) < 4.78 is 4.63. The van der Waals surface area contributed by atoms with Gasteiger partial charge in [-0.2, -0.15) is 0 Å². The van der Waals surface area contributed by atoms with Crippen LogP contribution in [0.25, 0.3) is 0 Å². The first kappa shape index (κ1) is 14.3. The van der Waals surface area contributed by atoms with Crippen molar-refractivity contribution in [3.05, 3.63) is 47.3 Å². The Labute approximate surface area is 122 Å². The van der Waals surface area contributed by atoms with Crippen LogP contribution in [0.15, 0.2) is 30.5 Å². The molecule has 1 aromatic heterocycles. The molecular formula is C15H14N4O2. The number of benzene rings is 1. The summed E-state index contributed by atoms with van der Waals surface area (Å²) in [6.45, 7) is 0. The van der Waals surface area contributed by atoms with Crippen LogP contribution in [0.3, 0.4) is 0 Å². The topological polar surface area (TPSA) is 90.1 Å². The summed E-state index contributed by atoms with van der Waals surface area (Å²) in [6, 6.07) is 6.77. The predicted octanol–water partition coefficient (Wildman–Crippen LogP) is 1.29. The molecule has 0 atom stereocenters. The fourth-order valence-corrected chi connectivity index (χ4v) is 1.55. The second-order valence-corrected chi connectivity index (χ2v) is 4.07. The standard InChI is InChI=1S/C15H14N4O2/c1-17-15-18-9-12(16)13(19-15)8-5-10-3-6-11(7-4-10)14(20)21-2/h3-4,6-7,9H,16H2,1-2H3,(H,17,18,19). The largest absolute Gasteiger partial charge is 0.465 e. The van der Waals surface area contributed by atoms with E-state index in [1.807, 2.05) is 0 Å². The van der Waals surface area contributed by atoms with Crippen molar-refractivity contribution >= 4 is 17.6 Å². The van der Waals surface area contributed by atoms with Gasteiger partial charge in [0.1, 0.15) is 5.69 Å². The molecule has 0 aliphatic rings. The molecule has 2 rings (SSSR count). The van der Waals surface area contributed by atoms with Crippen molar-refractivity contribution in [3.63, 3.8) is 0 Å². The van der Waals surface area contributed by atoms with E-state index in [2.05, 4.69) is 31.9 Å². The van der Waals surface area contributed by atoms with Crippen LogP contribution < -0.4 is 11.1 Å². The first-order chi connectivity index (χ1) is 10.1. The van der Waals surface area contributed by atoms with E-state index in [1.54, 1.807) is 31.3 Å². The van der Waals surface area contributed by atoms with Gasteiger partial charge >= 0.3 is 5.97 Å². The fraction of sp³-hybridized carbons (Fsp3) is 0.133. The van der Waals surface area contributed by atoms with Crippen LogP contribution in [0.4, 0.5) is 11.6 Å². The highest BCUT2D eigenvalue weighted by molar-refractivity contribution is 5.89. The summed E-state index contributed by atoms with van der Waals surface area (Å²) in [4.78, 5) is 19.5. The fourth-order valence-electron chi connectivity index (χ4n) is 1.55. The normalized spacial score (nSPS) is 9.43. The Bertz CT molecular complexity index is 715. The number of anilines is 2. The summed E-state index contributed by atoms with van der Waals surface area (Å²) in [6.07, 6.45) is 1.50. The van der Waals surface area contributed by atoms with Crippen LogP contribution in [0.1, 0.15) is 21.6 Å². The second-order valence-electron chi connectivity index (χ2n) is 4.07. The van der Waals surface area contributed by atoms with E-state index in [-0.39, 0.29) is 5.97 Å². The lowest BCUT2D eigenvalue weighted by Gasteiger charge is -2.00. The molecule has 0 radical (unpaired) electrons. The monoisotopic (exact) mass is 282 g/mol. The molecule has 1 heterocycles. The van der Waals surface area contributed by atoms with Gasteiger partial charge in [0.25, 0.3) is 0 Å². The van der Waals surface area contributed by atoms with Crippen LogP contribution in [0, 0.1) is 11.8 Å². The van der Waals surface area contributed by atoms with Gasteiger partial charge in [0.05, 0.1) is 24.6 Å². The SMILES string of the molecule is CNc1ncc(N)c(C#Cc2ccc(C(=O)OC)cc2)n1. The highest BCUT2D eigenvalue weighted by Crippen LogP contribution is 2.09. The molecule has 6 heteroatoms. The maximum Gasteiger partial charge on any atom is 0.337 e. The Hall–Kier alpha value is -3.07. The second kappa shape index (κ2) is 6.39. The minimum absolute atomic E-state index is 0.381. The van der Waals surface area contributed by atoms with E-state index in [0.717, 1.165) is 5.56 Å². The molecule has 1 aromatic carbocycles. The smallest absolute Gasteiger partial charge is 0.337 e. The summed E-state index contributed by atoms with van der Waals surface area (Å²) in [5.74, 6) is 5.89. The van der Waals surface area contributed by atoms with Crippen molar-refractivity contribution in [1.29, 1.82) is 0 Å². The third kappa shape index (κ3) is 3.48. The molecule has 3 N–H and O–H groups in total. The molecule has 0 aliphatic carbocycles. The Morgan fingerprint density at radius 1 is 1.29 bits per heavy atom. The molecule has 2 aromatic rings. The van der Waals surface area contributed by atoms with Crippen LogP contribution in [-0.2, 0) is 4.74 Å². The molecule has 0 amide bonds. The van der Waals surface area contributed by atoms with Crippen molar-refractivity contribution in [1.82, 2.24) is 9.97 Å². The number of ether oxygens (including phenoxy) is 1. The number of nitrogen functional groups attached to an aromatic ring is 1. The van der Waals surface area contributed by atoms with Gasteiger partial charge in [0.2, 0.25) is 5.95 Å². The molecule has 0 aliphatic heterocycles. The van der Waals surface area contributed by atoms with Crippen LogP contribution >= 0.6 is 0 Å². The summed E-state index contributed by atoms with van der Waals surface area (Å²) >= 11 is 0. The van der Waals surface area contributed by atoms with E-state index in [1.165, 1.54) is 13.3 Å². The number of nitrogens with zero attached hydrogens (tertiary/aromatic N) is 2. The molecule has 0 saturated carbocycles. The Morgan fingerprint density at radius 2 is 2.00 bits per heavy atom. The zero-order chi connectivity index (χ0) is 15.2. The minimum atomic E-state index is -0.381. The summed E-state index contributed by atoms with van der Waals surface area (Å²) in [5.41, 5.74) is 7.85. The third-order valence-electron chi connectivity index (χ3n) is 2.67. The highest BCUT2D eigenvalue weighted by Gasteiger charge is 2.03. The quantitative estimate of drug-likeness (QED) is 0.637. The van der Waals surface area contributed by atoms with Crippen molar-refractivity contribution in [2.75, 3.05) is 25.2 Å². The highest BCUT2D eigenvalue weighted by atomic mass is 16.5. The summed E-state index contributed by atoms with van der Waals surface area (Å²) in [5, 5.41) is 2.82. The number of nitrogens with one attached hydrogen (secondary N) is 1. The molecule has 0 saturated heterocycles. The number of esters is 1. The van der Waals surface area contributed by atoms with Crippen LogP contribution in [0.2, 0.25) is 0 Å². The van der Waals surface area contributed by atoms with Crippen molar-refractivity contribution in [2.24, 2.45) is 0 Å². The van der Waals surface area contributed by atoms with E-state index < -0.39 is 0 Å². The molecule has 106 valence electrons. The number of nitrogens with two attached hydrogens (primary N) is 1. The lowest BCUT2D eigenvalue weighted by Crippen LogP contribution is -2.01. The molecule has 0 fully saturated rings. The van der Waals surface area contributed by atoms with Gasteiger partial charge in [-0.05, 0) is 30.2 Å². The minimum Gasteiger partial charge on any atom is -0.465 e. The van der Waals surface area contributed by atoms with E-state index in [4.69, 9.17) is 5.73 Å². The van der Waals surface area contributed by atoms with Gasteiger partial charge in [-0.1, -0.05) is 5.92 Å². The number of carbonyl (C=O) groups excluding carboxylic acids is 1. The first-order valence-corrected chi connectivity index (χ1v) is 6.14. The van der Waals surface area contributed by atoms with Crippen molar-refractivity contribution in [2.45, 2.75) is 0 Å². The van der Waals surface area contributed by atoms with Gasteiger partial charge in [-0.3, -0.25) is 0 Å². The number of rotatable bonds is 2. The zero-order valence-corrected chi connectivity index (χ0v) is 11.7. The molecule has 0 unspecified atom stereocenters. The molecule has 6 nitrogen and oxygen atoms in total. The lowest BCUT2D eigenvalue weighted by molar-refractivity contribution is 0.0600. The van der Waals surface area contributed by atoms with Crippen LogP contribution in [-0.4, -0.2) is 30.1 Å². The molecular weight excluding hydrogens is 268 g/mol. The zero-order valence-electron chi connectivity index (χ0n) is 11.7. The van der Waals surface area contributed by atoms with E-state index in [0.29, 0.717) is 22.9 Å². The maximum atomic E-state index is 11.3. The third-order valence-corrected chi connectivity index (χ3v) is 2.67. The molecule has 0 spiro atoms. The molecule has 21 heavy (non-hydrogen) atoms. The Balaban J connectivity index is 2.25. The van der Waals surface area contributed by atoms with Crippen molar-refractivity contribution in [3.8, 4) is 11.8 Å². The predicted molar refractivity (Wildman–Crippen MR) is 79.8 cm³/mol. The average molecular weight is 282 g/mol. The van der Waals surface area contributed by atoms with Gasteiger partial charge in [0, 0.05) is 12.6 Å². The maximum absolute atomic E-state index is 11.3. The Kier molecular flexibility index (Phi) is 4.36. The van der Waals surface area contributed by atoms with E-state index >= 15 is 0 Å². The summed E-state index contributed by atoms with van der Waals surface area (Å²) in [7, 11) is 3.06. The van der Waals surface area contributed by atoms with Gasteiger partial charge in [0.15, 0.2) is 0 Å². The Morgan fingerprint density at radius 3 is 2.62 bits per heavy atom. The van der Waals surface area contributed by atoms with Gasteiger partial charge in [-0.25, -0.2) is 14.8 Å². The number of methoxy groups -OCH3 is 1.